The first kappa shape index (κ1) is 26.8. The molecule has 30 heavy (non-hydrogen) atoms. The Bertz CT molecular complexity index is 595. The smallest absolute Gasteiger partial charge is 0.476 e. The summed E-state index contributed by atoms with van der Waals surface area (Å²) in [7, 11) is -6.89. The molecule has 1 aromatic carbocycles. The van der Waals surface area contributed by atoms with E-state index in [9.17, 15) is 0 Å². The van der Waals surface area contributed by atoms with Gasteiger partial charge in [0.15, 0.2) is 11.5 Å². The average molecular weight is 461 g/mol. The average Bonchev–Trinajstić information content (AvgIpc) is 2.70. The number of benzene rings is 1. The van der Waals surface area contributed by atoms with Crippen molar-refractivity contribution in [3.05, 3.63) is 30.3 Å². The van der Waals surface area contributed by atoms with Gasteiger partial charge in [-0.25, -0.2) is 0 Å². The molecule has 0 aliphatic heterocycles. The number of hydrogen-bond donors (Lipinski definition) is 0. The van der Waals surface area contributed by atoms with Gasteiger partial charge in [0.1, 0.15) is 0 Å². The van der Waals surface area contributed by atoms with E-state index in [-0.39, 0.29) is 0 Å². The fraction of sp³-hybridized carbons (Fsp3) is 0.600. The van der Waals surface area contributed by atoms with E-state index in [0.29, 0.717) is 51.1 Å². The Morgan fingerprint density at radius 2 is 1.00 bits per heavy atom. The van der Waals surface area contributed by atoms with E-state index in [2.05, 4.69) is 6.58 Å². The summed E-state index contributed by atoms with van der Waals surface area (Å²) in [6.07, 6.45) is 1.71. The maximum Gasteiger partial charge on any atom is 0.749 e. The third-order valence-electron chi connectivity index (χ3n) is 3.60. The molecule has 0 aliphatic carbocycles. The van der Waals surface area contributed by atoms with Gasteiger partial charge in [-0.05, 0) is 59.2 Å². The van der Waals surface area contributed by atoms with Crippen molar-refractivity contribution in [2.24, 2.45) is 0 Å². The van der Waals surface area contributed by atoms with Gasteiger partial charge >= 0.3 is 18.1 Å². The molecule has 0 spiro atoms. The van der Waals surface area contributed by atoms with E-state index in [4.69, 9.17) is 35.4 Å². The van der Waals surface area contributed by atoms with Crippen LogP contribution in [0.5, 0.6) is 11.5 Å². The zero-order valence-corrected chi connectivity index (χ0v) is 21.0. The van der Waals surface area contributed by atoms with Gasteiger partial charge in [0.2, 0.25) is 0 Å². The minimum atomic E-state index is -3.46. The zero-order chi connectivity index (χ0) is 22.5. The van der Waals surface area contributed by atoms with Gasteiger partial charge in [-0.2, -0.15) is 0 Å². The van der Waals surface area contributed by atoms with Crippen LogP contribution >= 0.6 is 0 Å². The Balaban J connectivity index is 3.41. The molecule has 0 atom stereocenters. The minimum Gasteiger partial charge on any atom is -0.476 e. The largest absolute Gasteiger partial charge is 0.749 e. The SMILES string of the molecule is C=Cc1ccc(O[Si](OCC)(OCC)OCC)c(O[Si](OCC)(OCC)OCC)c1. The molecule has 10 heteroatoms. The van der Waals surface area contributed by atoms with Crippen molar-refractivity contribution in [3.8, 4) is 11.5 Å². The fourth-order valence-corrected chi connectivity index (χ4v) is 6.41. The summed E-state index contributed by atoms with van der Waals surface area (Å²) in [5, 5.41) is 0. The molecule has 0 saturated heterocycles. The topological polar surface area (TPSA) is 73.8 Å². The third-order valence-corrected chi connectivity index (χ3v) is 8.39. The van der Waals surface area contributed by atoms with Gasteiger partial charge in [0, 0.05) is 39.6 Å². The molecular formula is C20H36O8Si2. The van der Waals surface area contributed by atoms with Crippen LogP contribution in [-0.2, 0) is 26.6 Å². The highest BCUT2D eigenvalue weighted by molar-refractivity contribution is 6.55. The summed E-state index contributed by atoms with van der Waals surface area (Å²) in [5.41, 5.74) is 0.834. The van der Waals surface area contributed by atoms with E-state index in [1.807, 2.05) is 47.6 Å². The predicted molar refractivity (Wildman–Crippen MR) is 119 cm³/mol. The monoisotopic (exact) mass is 460 g/mol. The first-order chi connectivity index (χ1) is 14.5. The second-order valence-electron chi connectivity index (χ2n) is 5.71. The molecule has 1 rings (SSSR count). The van der Waals surface area contributed by atoms with E-state index in [1.165, 1.54) is 0 Å². The van der Waals surface area contributed by atoms with Gasteiger partial charge in [0.25, 0.3) is 0 Å². The van der Waals surface area contributed by atoms with E-state index in [0.717, 1.165) is 5.56 Å². The lowest BCUT2D eigenvalue weighted by molar-refractivity contribution is 0.000849. The van der Waals surface area contributed by atoms with Crippen molar-refractivity contribution in [2.75, 3.05) is 39.6 Å². The van der Waals surface area contributed by atoms with E-state index < -0.39 is 18.1 Å². The Morgan fingerprint density at radius 3 is 1.33 bits per heavy atom. The van der Waals surface area contributed by atoms with Crippen LogP contribution in [0.1, 0.15) is 47.1 Å². The molecule has 0 aliphatic rings. The van der Waals surface area contributed by atoms with Crippen molar-refractivity contribution >= 4 is 24.2 Å². The van der Waals surface area contributed by atoms with Crippen LogP contribution in [0.2, 0.25) is 0 Å². The highest BCUT2D eigenvalue weighted by atomic mass is 28.4. The van der Waals surface area contributed by atoms with Crippen LogP contribution in [-0.4, -0.2) is 57.7 Å². The second kappa shape index (κ2) is 13.9. The molecule has 0 saturated carbocycles. The van der Waals surface area contributed by atoms with Gasteiger partial charge in [0.05, 0.1) is 0 Å². The molecule has 0 amide bonds. The fourth-order valence-electron chi connectivity index (χ4n) is 2.57. The standard InChI is InChI=1S/C20H36O8Si2/c1-8-18-15-16-19(27-29(21-9-2,22-10-3)23-11-4)20(17-18)28-30(24-12-5,25-13-6)26-14-7/h8,15-17H,1,9-14H2,2-7H3. The molecule has 0 aromatic heterocycles. The summed E-state index contributed by atoms with van der Waals surface area (Å²) in [6.45, 7) is 17.2. The van der Waals surface area contributed by atoms with Crippen molar-refractivity contribution in [2.45, 2.75) is 41.5 Å². The first-order valence-corrected chi connectivity index (χ1v) is 13.7. The van der Waals surface area contributed by atoms with E-state index in [1.54, 1.807) is 18.2 Å². The molecule has 0 heterocycles. The predicted octanol–water partition coefficient (Wildman–Crippen LogP) is 4.18. The Kier molecular flexibility index (Phi) is 12.4. The quantitative estimate of drug-likeness (QED) is 0.321. The molecule has 0 unspecified atom stereocenters. The van der Waals surface area contributed by atoms with Crippen molar-refractivity contribution in [3.63, 3.8) is 0 Å². The second-order valence-corrected chi connectivity index (χ2v) is 9.85. The van der Waals surface area contributed by atoms with Crippen LogP contribution in [0.25, 0.3) is 6.08 Å². The lowest BCUT2D eigenvalue weighted by atomic mass is 10.2. The Hall–Kier alpha value is -1.25. The van der Waals surface area contributed by atoms with Crippen LogP contribution < -0.4 is 8.85 Å². The molecule has 0 radical (unpaired) electrons. The maximum absolute atomic E-state index is 6.23. The van der Waals surface area contributed by atoms with Gasteiger partial charge < -0.3 is 35.4 Å². The molecule has 0 fully saturated rings. The molecule has 8 nitrogen and oxygen atoms in total. The van der Waals surface area contributed by atoms with E-state index >= 15 is 0 Å². The lowest BCUT2D eigenvalue weighted by Gasteiger charge is -2.30. The number of hydrogen-bond acceptors (Lipinski definition) is 8. The summed E-state index contributed by atoms with van der Waals surface area (Å²) >= 11 is 0. The van der Waals surface area contributed by atoms with Crippen LogP contribution in [0, 0.1) is 0 Å². The van der Waals surface area contributed by atoms with Crippen molar-refractivity contribution < 1.29 is 35.4 Å². The van der Waals surface area contributed by atoms with Crippen LogP contribution in [0.4, 0.5) is 0 Å². The molecule has 172 valence electrons. The molecule has 0 N–H and O–H groups in total. The van der Waals surface area contributed by atoms with Gasteiger partial charge in [-0.15, -0.1) is 0 Å². The Labute approximate surface area is 183 Å². The molecule has 1 aromatic rings. The highest BCUT2D eigenvalue weighted by Crippen LogP contribution is 2.34. The van der Waals surface area contributed by atoms with Gasteiger partial charge in [-0.3, -0.25) is 0 Å². The maximum atomic E-state index is 6.23. The first-order valence-electron chi connectivity index (χ1n) is 10.5. The molecular weight excluding hydrogens is 424 g/mol. The number of rotatable bonds is 17. The summed E-state index contributed by atoms with van der Waals surface area (Å²) in [6, 6.07) is 5.39. The van der Waals surface area contributed by atoms with Crippen LogP contribution in [0.3, 0.4) is 0 Å². The third kappa shape index (κ3) is 7.78. The van der Waals surface area contributed by atoms with Gasteiger partial charge in [-0.1, -0.05) is 18.7 Å². The van der Waals surface area contributed by atoms with Crippen LogP contribution in [0.15, 0.2) is 24.8 Å². The lowest BCUT2D eigenvalue weighted by Crippen LogP contribution is -2.53. The van der Waals surface area contributed by atoms with Crippen molar-refractivity contribution in [1.82, 2.24) is 0 Å². The zero-order valence-electron chi connectivity index (χ0n) is 19.0. The summed E-state index contributed by atoms with van der Waals surface area (Å²) < 4.78 is 47.3. The Morgan fingerprint density at radius 1 is 0.633 bits per heavy atom. The minimum absolute atomic E-state index is 0.374. The normalized spacial score (nSPS) is 12.1. The molecule has 0 bridgehead atoms. The summed E-state index contributed by atoms with van der Waals surface area (Å²) in [5.74, 6) is 0.768. The highest BCUT2D eigenvalue weighted by Gasteiger charge is 2.51. The van der Waals surface area contributed by atoms with Crippen molar-refractivity contribution in [1.29, 1.82) is 0 Å². The summed E-state index contributed by atoms with van der Waals surface area (Å²) in [4.78, 5) is 0.